The van der Waals surface area contributed by atoms with E-state index in [1.165, 1.54) is 20.5 Å². The standard InChI is InChI=1S/C22H12ClN5O4S/c1-11-2-5-14(6-3-11)28-18(21(30)32-26-28)19-25-27-10-16(24-22(27)33-19)15-9-12-8-13(23)4-7-17(12)31-20(15)29/h2-10H,1H3. The Morgan fingerprint density at radius 2 is 1.97 bits per heavy atom. The maximum absolute atomic E-state index is 12.5. The molecule has 0 radical (unpaired) electrons. The Morgan fingerprint density at radius 3 is 2.76 bits per heavy atom. The van der Waals surface area contributed by atoms with E-state index in [0.29, 0.717) is 37.3 Å². The van der Waals surface area contributed by atoms with E-state index in [9.17, 15) is 9.90 Å². The number of aryl methyl sites for hydroxylation is 1. The van der Waals surface area contributed by atoms with Crippen LogP contribution >= 0.6 is 22.9 Å². The third-order valence-electron chi connectivity index (χ3n) is 5.11. The summed E-state index contributed by atoms with van der Waals surface area (Å²) < 4.78 is 13.2. The van der Waals surface area contributed by atoms with Gasteiger partial charge < -0.3 is 14.0 Å². The highest BCUT2D eigenvalue weighted by atomic mass is 35.5. The number of fused-ring (bicyclic) bond motifs is 2. The van der Waals surface area contributed by atoms with Crippen LogP contribution in [0.2, 0.25) is 5.02 Å². The third-order valence-corrected chi connectivity index (χ3v) is 6.27. The van der Waals surface area contributed by atoms with E-state index in [-0.39, 0.29) is 11.3 Å². The molecule has 0 aliphatic carbocycles. The molecule has 0 spiro atoms. The molecule has 33 heavy (non-hydrogen) atoms. The topological polar surface area (TPSA) is 113 Å². The minimum absolute atomic E-state index is 0.191. The SMILES string of the molecule is Cc1ccc(-[n+]2noc([O-])c2-c2nn3cc(-c4cc5cc(Cl)ccc5oc4=O)nc3s2)cc1. The molecule has 0 saturated carbocycles. The van der Waals surface area contributed by atoms with Crippen LogP contribution in [0, 0.1) is 6.92 Å². The highest BCUT2D eigenvalue weighted by Gasteiger charge is 2.27. The summed E-state index contributed by atoms with van der Waals surface area (Å²) in [6, 6.07) is 14.2. The summed E-state index contributed by atoms with van der Waals surface area (Å²) in [6.45, 7) is 1.97. The zero-order chi connectivity index (χ0) is 22.7. The van der Waals surface area contributed by atoms with Crippen molar-refractivity contribution in [3.8, 4) is 33.6 Å². The van der Waals surface area contributed by atoms with E-state index in [1.54, 1.807) is 30.5 Å². The fourth-order valence-corrected chi connectivity index (χ4v) is 4.57. The summed E-state index contributed by atoms with van der Waals surface area (Å²) in [7, 11) is 0. The Kier molecular flexibility index (Phi) is 4.32. The summed E-state index contributed by atoms with van der Waals surface area (Å²) in [5.74, 6) is -0.611. The molecular formula is C22H12ClN5O4S. The summed E-state index contributed by atoms with van der Waals surface area (Å²) in [6.07, 6.45) is 1.60. The summed E-state index contributed by atoms with van der Waals surface area (Å²) in [4.78, 5) is 17.5. The smallest absolute Gasteiger partial charge is 0.345 e. The van der Waals surface area contributed by atoms with Gasteiger partial charge in [-0.3, -0.25) is 0 Å². The van der Waals surface area contributed by atoms with Gasteiger partial charge in [-0.1, -0.05) is 40.6 Å². The maximum Gasteiger partial charge on any atom is 0.345 e. The molecule has 4 aromatic heterocycles. The number of rotatable bonds is 3. The second-order valence-corrected chi connectivity index (χ2v) is 8.74. The van der Waals surface area contributed by atoms with Crippen molar-refractivity contribution in [1.29, 1.82) is 0 Å². The Hall–Kier alpha value is -4.02. The van der Waals surface area contributed by atoms with Crippen LogP contribution in [0.1, 0.15) is 5.56 Å². The lowest BCUT2D eigenvalue weighted by Gasteiger charge is -2.00. The Morgan fingerprint density at radius 1 is 1.15 bits per heavy atom. The van der Waals surface area contributed by atoms with Crippen LogP contribution in [0.25, 0.3) is 43.6 Å². The Balaban J connectivity index is 1.44. The van der Waals surface area contributed by atoms with Crippen LogP contribution in [0.5, 0.6) is 5.95 Å². The van der Waals surface area contributed by atoms with Gasteiger partial charge in [0.05, 0.1) is 22.7 Å². The first kappa shape index (κ1) is 19.6. The molecular weight excluding hydrogens is 466 g/mol. The molecule has 6 aromatic rings. The first-order valence-electron chi connectivity index (χ1n) is 9.73. The molecule has 0 aliphatic heterocycles. The molecule has 0 fully saturated rings. The van der Waals surface area contributed by atoms with Crippen LogP contribution in [-0.4, -0.2) is 19.9 Å². The fourth-order valence-electron chi connectivity index (χ4n) is 3.49. The Bertz CT molecular complexity index is 1700. The van der Waals surface area contributed by atoms with Crippen molar-refractivity contribution in [1.82, 2.24) is 19.9 Å². The number of hydrogen-bond acceptors (Lipinski definition) is 8. The second-order valence-electron chi connectivity index (χ2n) is 7.35. The molecule has 4 heterocycles. The molecule has 11 heteroatoms. The molecule has 0 unspecified atom stereocenters. The zero-order valence-corrected chi connectivity index (χ0v) is 18.4. The van der Waals surface area contributed by atoms with E-state index >= 15 is 0 Å². The molecule has 0 aliphatic rings. The third kappa shape index (κ3) is 3.27. The highest BCUT2D eigenvalue weighted by Crippen LogP contribution is 2.30. The van der Waals surface area contributed by atoms with Crippen LogP contribution < -0.4 is 15.4 Å². The van der Waals surface area contributed by atoms with Crippen LogP contribution in [-0.2, 0) is 0 Å². The molecule has 0 N–H and O–H groups in total. The molecule has 9 nitrogen and oxygen atoms in total. The lowest BCUT2D eigenvalue weighted by Crippen LogP contribution is -2.34. The van der Waals surface area contributed by atoms with Crippen molar-refractivity contribution in [2.45, 2.75) is 6.92 Å². The van der Waals surface area contributed by atoms with Crippen molar-refractivity contribution in [3.63, 3.8) is 0 Å². The molecule has 2 aromatic carbocycles. The lowest BCUT2D eigenvalue weighted by atomic mass is 10.1. The minimum atomic E-state index is -0.611. The lowest BCUT2D eigenvalue weighted by molar-refractivity contribution is -0.660. The van der Waals surface area contributed by atoms with Crippen molar-refractivity contribution >= 4 is 38.9 Å². The minimum Gasteiger partial charge on any atom is -0.539 e. The first-order chi connectivity index (χ1) is 16.0. The van der Waals surface area contributed by atoms with E-state index < -0.39 is 11.6 Å². The second kappa shape index (κ2) is 7.26. The van der Waals surface area contributed by atoms with Gasteiger partial charge in [0.15, 0.2) is 5.95 Å². The summed E-state index contributed by atoms with van der Waals surface area (Å²) >= 11 is 7.23. The van der Waals surface area contributed by atoms with Gasteiger partial charge in [-0.25, -0.2) is 14.3 Å². The van der Waals surface area contributed by atoms with Crippen molar-refractivity contribution in [3.05, 3.63) is 75.7 Å². The van der Waals surface area contributed by atoms with Gasteiger partial charge in [-0.05, 0) is 35.9 Å². The van der Waals surface area contributed by atoms with Gasteiger partial charge in [-0.2, -0.15) is 0 Å². The zero-order valence-electron chi connectivity index (χ0n) is 16.9. The van der Waals surface area contributed by atoms with Gasteiger partial charge in [0.25, 0.3) is 0 Å². The quantitative estimate of drug-likeness (QED) is 0.283. The van der Waals surface area contributed by atoms with Crippen LogP contribution in [0.4, 0.5) is 0 Å². The number of benzene rings is 2. The van der Waals surface area contributed by atoms with E-state index in [1.807, 2.05) is 31.2 Å². The van der Waals surface area contributed by atoms with Gasteiger partial charge in [-0.15, -0.1) is 5.10 Å². The van der Waals surface area contributed by atoms with Crippen LogP contribution in [0.15, 0.2) is 68.5 Å². The number of nitrogens with zero attached hydrogens (tertiary/aromatic N) is 5. The van der Waals surface area contributed by atoms with E-state index in [2.05, 4.69) is 15.4 Å². The van der Waals surface area contributed by atoms with Crippen molar-refractivity contribution < 1.29 is 18.7 Å². The van der Waals surface area contributed by atoms with Crippen LogP contribution in [0.3, 0.4) is 0 Å². The Labute approximate surface area is 193 Å². The van der Waals surface area contributed by atoms with Gasteiger partial charge in [0, 0.05) is 22.5 Å². The summed E-state index contributed by atoms with van der Waals surface area (Å²) in [5.41, 5.74) is 2.54. The average Bonchev–Trinajstić information content (AvgIpc) is 3.47. The molecule has 0 atom stereocenters. The normalized spacial score (nSPS) is 11.6. The summed E-state index contributed by atoms with van der Waals surface area (Å²) in [5, 5.41) is 22.3. The van der Waals surface area contributed by atoms with E-state index in [4.69, 9.17) is 20.5 Å². The highest BCUT2D eigenvalue weighted by molar-refractivity contribution is 7.19. The number of imidazole rings is 1. The predicted molar refractivity (Wildman–Crippen MR) is 119 cm³/mol. The van der Waals surface area contributed by atoms with E-state index in [0.717, 1.165) is 5.56 Å². The first-order valence-corrected chi connectivity index (χ1v) is 10.9. The van der Waals surface area contributed by atoms with Crippen molar-refractivity contribution in [2.75, 3.05) is 0 Å². The molecule has 162 valence electrons. The van der Waals surface area contributed by atoms with Gasteiger partial charge >= 0.3 is 11.3 Å². The number of halogens is 1. The molecule has 0 saturated heterocycles. The average molecular weight is 478 g/mol. The number of aromatic nitrogens is 5. The fraction of sp³-hybridized carbons (Fsp3) is 0.0455. The monoisotopic (exact) mass is 477 g/mol. The van der Waals surface area contributed by atoms with Gasteiger partial charge in [0.1, 0.15) is 5.58 Å². The van der Waals surface area contributed by atoms with Crippen molar-refractivity contribution in [2.24, 2.45) is 0 Å². The molecule has 0 bridgehead atoms. The number of hydrogen-bond donors (Lipinski definition) is 0. The largest absolute Gasteiger partial charge is 0.539 e. The van der Waals surface area contributed by atoms with Gasteiger partial charge in [0.2, 0.25) is 15.7 Å². The predicted octanol–water partition coefficient (Wildman–Crippen LogP) is 3.53. The molecule has 6 rings (SSSR count). The molecule has 0 amide bonds. The maximum atomic E-state index is 12.5.